The third kappa shape index (κ3) is 4.36. The third-order valence-corrected chi connectivity index (χ3v) is 5.45. The lowest BCUT2D eigenvalue weighted by atomic mass is 10.1. The van der Waals surface area contributed by atoms with Crippen LogP contribution >= 0.6 is 0 Å². The van der Waals surface area contributed by atoms with E-state index in [1.807, 2.05) is 30.3 Å². The predicted molar refractivity (Wildman–Crippen MR) is 127 cm³/mol. The molecule has 1 N–H and O–H groups in total. The Morgan fingerprint density at radius 3 is 2.27 bits per heavy atom. The molecule has 0 unspecified atom stereocenters. The van der Waals surface area contributed by atoms with Gasteiger partial charge in [-0.05, 0) is 66.2 Å². The Labute approximate surface area is 189 Å². The molecule has 1 heterocycles. The molecule has 0 radical (unpaired) electrons. The van der Waals surface area contributed by atoms with E-state index >= 15 is 0 Å². The number of para-hydroxylation sites is 1. The molecule has 0 aromatic heterocycles. The molecule has 0 spiro atoms. The number of carbonyl (C=O) groups excluding carboxylic acids is 1. The van der Waals surface area contributed by atoms with Crippen molar-refractivity contribution in [3.8, 4) is 0 Å². The van der Waals surface area contributed by atoms with E-state index in [9.17, 15) is 13.6 Å². The fourth-order valence-electron chi connectivity index (χ4n) is 3.71. The molecule has 6 heteroatoms. The van der Waals surface area contributed by atoms with Crippen LogP contribution in [0.2, 0.25) is 0 Å². The lowest BCUT2D eigenvalue weighted by Gasteiger charge is -2.23. The number of amides is 1. The predicted octanol–water partition coefficient (Wildman–Crippen LogP) is 6.62. The van der Waals surface area contributed by atoms with Crippen LogP contribution < -0.4 is 10.2 Å². The number of anilines is 3. The van der Waals surface area contributed by atoms with Crippen molar-refractivity contribution in [3.05, 3.63) is 119 Å². The van der Waals surface area contributed by atoms with Crippen LogP contribution in [0, 0.1) is 11.6 Å². The van der Waals surface area contributed by atoms with Crippen molar-refractivity contribution in [2.75, 3.05) is 10.2 Å². The number of aliphatic imine (C=N–C) groups is 1. The van der Waals surface area contributed by atoms with Crippen molar-refractivity contribution in [2.24, 2.45) is 4.99 Å². The molecule has 0 atom stereocenters. The van der Waals surface area contributed by atoms with Gasteiger partial charge in [0.05, 0.1) is 17.9 Å². The van der Waals surface area contributed by atoms with Crippen LogP contribution in [0.3, 0.4) is 0 Å². The minimum absolute atomic E-state index is 0.203. The summed E-state index contributed by atoms with van der Waals surface area (Å²) >= 11 is 0. The summed E-state index contributed by atoms with van der Waals surface area (Å²) in [5.74, 6) is -1.01. The van der Waals surface area contributed by atoms with Gasteiger partial charge >= 0.3 is 0 Å². The molecular weight excluding hydrogens is 420 g/mol. The number of hydrogen-bond donors (Lipinski definition) is 1. The molecule has 4 aromatic carbocycles. The molecule has 0 saturated carbocycles. The van der Waals surface area contributed by atoms with E-state index in [4.69, 9.17) is 0 Å². The maximum Gasteiger partial charge on any atom is 0.258 e. The molecule has 5 rings (SSSR count). The zero-order valence-corrected chi connectivity index (χ0v) is 17.5. The number of nitrogens with zero attached hydrogens (tertiary/aromatic N) is 2. The van der Waals surface area contributed by atoms with Crippen LogP contribution in [0.25, 0.3) is 0 Å². The minimum atomic E-state index is -0.391. The van der Waals surface area contributed by atoms with Crippen molar-refractivity contribution in [2.45, 2.75) is 6.54 Å². The van der Waals surface area contributed by atoms with Gasteiger partial charge in [0, 0.05) is 28.7 Å². The minimum Gasteiger partial charge on any atom is -0.353 e. The topological polar surface area (TPSA) is 44.7 Å². The van der Waals surface area contributed by atoms with Gasteiger partial charge in [-0.25, -0.2) is 8.78 Å². The highest BCUT2D eigenvalue weighted by Crippen LogP contribution is 2.34. The van der Waals surface area contributed by atoms with E-state index in [0.717, 1.165) is 22.5 Å². The Hall–Kier alpha value is -4.32. The summed E-state index contributed by atoms with van der Waals surface area (Å²) in [6.45, 7) is 0.203. The van der Waals surface area contributed by atoms with E-state index in [0.29, 0.717) is 16.9 Å². The highest BCUT2D eigenvalue weighted by Gasteiger charge is 2.20. The van der Waals surface area contributed by atoms with Gasteiger partial charge < -0.3 is 10.2 Å². The molecule has 4 aromatic rings. The SMILES string of the molecule is O=C(c1ccc2c(c1)N=Cc1ccccc1N2)N(Cc1ccc(F)cc1)c1ccc(F)cc1. The smallest absolute Gasteiger partial charge is 0.258 e. The number of rotatable bonds is 4. The van der Waals surface area contributed by atoms with E-state index in [2.05, 4.69) is 10.3 Å². The number of hydrogen-bond acceptors (Lipinski definition) is 3. The first kappa shape index (κ1) is 20.6. The molecule has 0 bridgehead atoms. The number of nitrogens with one attached hydrogen (secondary N) is 1. The van der Waals surface area contributed by atoms with Gasteiger partial charge in [-0.15, -0.1) is 0 Å². The number of fused-ring (bicyclic) bond motifs is 2. The quantitative estimate of drug-likeness (QED) is 0.342. The van der Waals surface area contributed by atoms with Crippen molar-refractivity contribution in [1.82, 2.24) is 0 Å². The molecule has 1 aliphatic rings. The number of benzene rings is 4. The zero-order chi connectivity index (χ0) is 22.8. The van der Waals surface area contributed by atoms with Crippen molar-refractivity contribution >= 4 is 34.9 Å². The fourth-order valence-corrected chi connectivity index (χ4v) is 3.71. The van der Waals surface area contributed by atoms with Crippen molar-refractivity contribution < 1.29 is 13.6 Å². The first-order valence-electron chi connectivity index (χ1n) is 10.4. The zero-order valence-electron chi connectivity index (χ0n) is 17.5. The van der Waals surface area contributed by atoms with Crippen molar-refractivity contribution in [1.29, 1.82) is 0 Å². The van der Waals surface area contributed by atoms with E-state index in [1.165, 1.54) is 29.2 Å². The van der Waals surface area contributed by atoms with Crippen LogP contribution in [0.1, 0.15) is 21.5 Å². The van der Waals surface area contributed by atoms with Crippen LogP contribution in [0.4, 0.5) is 31.5 Å². The largest absolute Gasteiger partial charge is 0.353 e. The number of halogens is 2. The van der Waals surface area contributed by atoms with E-state index in [-0.39, 0.29) is 18.3 Å². The molecule has 0 aliphatic carbocycles. The summed E-state index contributed by atoms with van der Waals surface area (Å²) in [5, 5.41) is 3.35. The Morgan fingerprint density at radius 1 is 0.818 bits per heavy atom. The van der Waals surface area contributed by atoms with Gasteiger partial charge in [0.25, 0.3) is 5.91 Å². The van der Waals surface area contributed by atoms with Gasteiger partial charge in [0.2, 0.25) is 0 Å². The lowest BCUT2D eigenvalue weighted by molar-refractivity contribution is 0.0985. The molecule has 0 saturated heterocycles. The Kier molecular flexibility index (Phi) is 5.40. The summed E-state index contributed by atoms with van der Waals surface area (Å²) in [7, 11) is 0. The fraction of sp³-hybridized carbons (Fsp3) is 0.0370. The van der Waals surface area contributed by atoms with Crippen LogP contribution in [0.15, 0.2) is 96.0 Å². The van der Waals surface area contributed by atoms with Gasteiger partial charge in [0.1, 0.15) is 11.6 Å². The van der Waals surface area contributed by atoms with Crippen molar-refractivity contribution in [3.63, 3.8) is 0 Å². The number of carbonyl (C=O) groups is 1. The van der Waals surface area contributed by atoms with Crippen LogP contribution in [-0.4, -0.2) is 12.1 Å². The molecule has 4 nitrogen and oxygen atoms in total. The third-order valence-electron chi connectivity index (χ3n) is 5.45. The normalized spacial score (nSPS) is 11.7. The Balaban J connectivity index is 1.50. The summed E-state index contributed by atoms with van der Waals surface area (Å²) < 4.78 is 26.9. The second-order valence-electron chi connectivity index (χ2n) is 7.70. The summed E-state index contributed by atoms with van der Waals surface area (Å²) in [5.41, 5.74) is 5.03. The molecule has 1 aliphatic heterocycles. The molecule has 33 heavy (non-hydrogen) atoms. The molecule has 0 fully saturated rings. The van der Waals surface area contributed by atoms with E-state index in [1.54, 1.807) is 42.6 Å². The van der Waals surface area contributed by atoms with Crippen LogP contribution in [0.5, 0.6) is 0 Å². The van der Waals surface area contributed by atoms with Gasteiger partial charge in [-0.2, -0.15) is 0 Å². The average Bonchev–Trinajstić information content (AvgIpc) is 3.03. The Bertz CT molecular complexity index is 1350. The van der Waals surface area contributed by atoms with Gasteiger partial charge in [-0.3, -0.25) is 9.79 Å². The first-order chi connectivity index (χ1) is 16.1. The lowest BCUT2D eigenvalue weighted by Crippen LogP contribution is -2.30. The highest BCUT2D eigenvalue weighted by molar-refractivity contribution is 6.07. The van der Waals surface area contributed by atoms with E-state index < -0.39 is 5.82 Å². The molecular formula is C27H19F2N3O. The standard InChI is InChI=1S/C27H19F2N3O/c28-21-8-5-18(6-9-21)17-32(23-12-10-22(29)11-13-23)27(33)19-7-14-25-26(15-19)30-16-20-3-1-2-4-24(20)31-25/h1-16,31H,17H2. The van der Waals surface area contributed by atoms with Gasteiger partial charge in [-0.1, -0.05) is 30.3 Å². The molecule has 1 amide bonds. The summed E-state index contributed by atoms with van der Waals surface area (Å²) in [6, 6.07) is 24.8. The second-order valence-corrected chi connectivity index (χ2v) is 7.70. The Morgan fingerprint density at radius 2 is 1.52 bits per heavy atom. The highest BCUT2D eigenvalue weighted by atomic mass is 19.1. The molecule has 162 valence electrons. The second kappa shape index (κ2) is 8.67. The maximum absolute atomic E-state index is 13.6. The van der Waals surface area contributed by atoms with Gasteiger partial charge in [0.15, 0.2) is 0 Å². The maximum atomic E-state index is 13.6. The van der Waals surface area contributed by atoms with Crippen LogP contribution in [-0.2, 0) is 6.54 Å². The average molecular weight is 439 g/mol. The summed E-state index contributed by atoms with van der Waals surface area (Å²) in [6.07, 6.45) is 1.76. The summed E-state index contributed by atoms with van der Waals surface area (Å²) in [4.78, 5) is 19.7. The first-order valence-corrected chi connectivity index (χ1v) is 10.4. The monoisotopic (exact) mass is 439 g/mol.